The van der Waals surface area contributed by atoms with Gasteiger partial charge in [0.25, 0.3) is 0 Å². The van der Waals surface area contributed by atoms with E-state index >= 15 is 0 Å². The van der Waals surface area contributed by atoms with Crippen molar-refractivity contribution < 1.29 is 14.2 Å². The highest BCUT2D eigenvalue weighted by atomic mass is 16.5. The molecule has 0 amide bonds. The molecule has 0 saturated carbocycles. The first-order valence-electron chi connectivity index (χ1n) is 11.0. The van der Waals surface area contributed by atoms with Gasteiger partial charge in [-0.2, -0.15) is 0 Å². The first-order valence-corrected chi connectivity index (χ1v) is 11.0. The summed E-state index contributed by atoms with van der Waals surface area (Å²) < 4.78 is 16.7. The summed E-state index contributed by atoms with van der Waals surface area (Å²) in [6.07, 6.45) is 0. The summed E-state index contributed by atoms with van der Waals surface area (Å²) in [5.74, 6) is 0.883. The molecule has 31 heavy (non-hydrogen) atoms. The maximum atomic E-state index is 5.83. The van der Waals surface area contributed by atoms with Crippen molar-refractivity contribution in [3.05, 3.63) is 59.8 Å². The molecule has 0 atom stereocenters. The van der Waals surface area contributed by atoms with Crippen LogP contribution in [0.3, 0.4) is 0 Å². The van der Waals surface area contributed by atoms with Gasteiger partial charge in [-0.05, 0) is 55.5 Å². The summed E-state index contributed by atoms with van der Waals surface area (Å²) >= 11 is 0. The summed E-state index contributed by atoms with van der Waals surface area (Å²) in [5, 5.41) is 0. The number of nitrogens with zero attached hydrogens (tertiary/aromatic N) is 3. The molecule has 2 aliphatic rings. The Hall–Kier alpha value is -2.70. The van der Waals surface area contributed by atoms with E-state index in [4.69, 9.17) is 14.2 Å². The number of methoxy groups -OCH3 is 1. The summed E-state index contributed by atoms with van der Waals surface area (Å²) in [7, 11) is 3.82. The van der Waals surface area contributed by atoms with Crippen LogP contribution >= 0.6 is 0 Å². The van der Waals surface area contributed by atoms with Gasteiger partial charge in [-0.25, -0.2) is 0 Å². The molecule has 0 unspecified atom stereocenters. The maximum Gasteiger partial charge on any atom is 0.145 e. The molecule has 0 bridgehead atoms. The molecular formula is C25H33N3O3. The van der Waals surface area contributed by atoms with Crippen LogP contribution in [-0.4, -0.2) is 66.8 Å². The third kappa shape index (κ3) is 4.97. The van der Waals surface area contributed by atoms with Crippen LogP contribution in [0.1, 0.15) is 12.5 Å². The molecule has 2 fully saturated rings. The Kier molecular flexibility index (Phi) is 6.99. The molecular weight excluding hydrogens is 390 g/mol. The first kappa shape index (κ1) is 21.5. The zero-order valence-electron chi connectivity index (χ0n) is 18.8. The molecule has 4 rings (SSSR count). The van der Waals surface area contributed by atoms with Crippen molar-refractivity contribution in [3.63, 3.8) is 0 Å². The Morgan fingerprint density at radius 1 is 0.774 bits per heavy atom. The van der Waals surface area contributed by atoms with Gasteiger partial charge in [-0.3, -0.25) is 0 Å². The molecule has 2 heterocycles. The van der Waals surface area contributed by atoms with Gasteiger partial charge >= 0.3 is 0 Å². The number of hydrogen-bond acceptors (Lipinski definition) is 6. The van der Waals surface area contributed by atoms with Crippen molar-refractivity contribution in [2.75, 3.05) is 81.5 Å². The molecule has 2 aromatic rings. The van der Waals surface area contributed by atoms with Crippen LogP contribution in [0.5, 0.6) is 0 Å². The third-order valence-electron chi connectivity index (χ3n) is 6.15. The van der Waals surface area contributed by atoms with Crippen LogP contribution in [0.15, 0.2) is 54.2 Å². The molecule has 0 aliphatic carbocycles. The highest BCUT2D eigenvalue weighted by molar-refractivity contribution is 5.70. The van der Waals surface area contributed by atoms with Gasteiger partial charge < -0.3 is 28.9 Å². The number of allylic oxidation sites excluding steroid dienone is 1. The van der Waals surface area contributed by atoms with E-state index in [9.17, 15) is 0 Å². The summed E-state index contributed by atoms with van der Waals surface area (Å²) in [6, 6.07) is 17.3. The van der Waals surface area contributed by atoms with E-state index in [2.05, 4.69) is 77.2 Å². The monoisotopic (exact) mass is 423 g/mol. The first-order chi connectivity index (χ1) is 15.2. The Labute approximate surface area is 185 Å². The lowest BCUT2D eigenvalue weighted by molar-refractivity contribution is 0.122. The highest BCUT2D eigenvalue weighted by Crippen LogP contribution is 2.28. The molecule has 6 heteroatoms. The fourth-order valence-corrected chi connectivity index (χ4v) is 4.17. The fraction of sp³-hybridized carbons (Fsp3) is 0.440. The van der Waals surface area contributed by atoms with Crippen LogP contribution in [0.4, 0.5) is 17.1 Å². The molecule has 0 spiro atoms. The smallest absolute Gasteiger partial charge is 0.145 e. The van der Waals surface area contributed by atoms with Crippen LogP contribution in [0.25, 0.3) is 5.76 Å². The fourth-order valence-electron chi connectivity index (χ4n) is 4.17. The van der Waals surface area contributed by atoms with Crippen LogP contribution in [0, 0.1) is 0 Å². The van der Waals surface area contributed by atoms with E-state index in [1.807, 2.05) is 0 Å². The second-order valence-corrected chi connectivity index (χ2v) is 7.94. The number of anilines is 3. The van der Waals surface area contributed by atoms with Crippen molar-refractivity contribution in [2.45, 2.75) is 6.92 Å². The predicted octanol–water partition coefficient (Wildman–Crippen LogP) is 3.83. The van der Waals surface area contributed by atoms with Crippen LogP contribution in [0.2, 0.25) is 0 Å². The minimum Gasteiger partial charge on any atom is -0.494 e. The lowest BCUT2D eigenvalue weighted by atomic mass is 10.1. The number of hydrogen-bond donors (Lipinski definition) is 0. The Balaban J connectivity index is 1.50. The van der Waals surface area contributed by atoms with Crippen molar-refractivity contribution >= 4 is 22.8 Å². The zero-order chi connectivity index (χ0) is 21.6. The predicted molar refractivity (Wildman–Crippen MR) is 127 cm³/mol. The minimum absolute atomic E-state index is 0.791. The van der Waals surface area contributed by atoms with E-state index < -0.39 is 0 Å². The highest BCUT2D eigenvalue weighted by Gasteiger charge is 2.16. The molecule has 0 radical (unpaired) electrons. The topological polar surface area (TPSA) is 37.4 Å². The zero-order valence-corrected chi connectivity index (χ0v) is 18.8. The van der Waals surface area contributed by atoms with Crippen molar-refractivity contribution in [1.29, 1.82) is 0 Å². The quantitative estimate of drug-likeness (QED) is 0.658. The maximum absolute atomic E-state index is 5.83. The van der Waals surface area contributed by atoms with E-state index in [0.717, 1.165) is 75.3 Å². The van der Waals surface area contributed by atoms with E-state index in [1.165, 1.54) is 11.4 Å². The van der Waals surface area contributed by atoms with Gasteiger partial charge in [-0.15, -0.1) is 0 Å². The summed E-state index contributed by atoms with van der Waals surface area (Å²) in [6.45, 7) is 9.05. The second-order valence-electron chi connectivity index (χ2n) is 7.94. The lowest BCUT2D eigenvalue weighted by Gasteiger charge is -2.30. The number of morpholine rings is 2. The average molecular weight is 424 g/mol. The Morgan fingerprint density at radius 3 is 1.68 bits per heavy atom. The van der Waals surface area contributed by atoms with Crippen molar-refractivity contribution in [1.82, 2.24) is 0 Å². The van der Waals surface area contributed by atoms with E-state index in [1.54, 1.807) is 7.11 Å². The number of benzene rings is 2. The molecule has 0 aromatic heterocycles. The third-order valence-corrected chi connectivity index (χ3v) is 6.15. The molecule has 2 saturated heterocycles. The standard InChI is InChI=1S/C25H33N3O3/c1-20(26(2)22-8-10-24(11-9-22)28-14-18-31-19-15-28)25(29-3)21-4-6-23(7-5-21)27-12-16-30-17-13-27/h4-11H,12-19H2,1-3H3/b25-20-. The van der Waals surface area contributed by atoms with E-state index in [-0.39, 0.29) is 0 Å². The lowest BCUT2D eigenvalue weighted by Crippen LogP contribution is -2.36. The number of ether oxygens (including phenoxy) is 3. The largest absolute Gasteiger partial charge is 0.494 e. The number of rotatable bonds is 6. The van der Waals surface area contributed by atoms with Gasteiger partial charge in [0.1, 0.15) is 5.76 Å². The molecule has 0 N–H and O–H groups in total. The minimum atomic E-state index is 0.791. The summed E-state index contributed by atoms with van der Waals surface area (Å²) in [5.41, 5.74) is 5.75. The molecule has 166 valence electrons. The summed E-state index contributed by atoms with van der Waals surface area (Å²) in [4.78, 5) is 6.91. The van der Waals surface area contributed by atoms with Crippen LogP contribution in [-0.2, 0) is 14.2 Å². The van der Waals surface area contributed by atoms with Gasteiger partial charge in [0.05, 0.1) is 39.2 Å². The molecule has 2 aromatic carbocycles. The Bertz CT molecular complexity index is 868. The van der Waals surface area contributed by atoms with Crippen LogP contribution < -0.4 is 14.7 Å². The molecule has 2 aliphatic heterocycles. The van der Waals surface area contributed by atoms with Gasteiger partial charge in [0.2, 0.25) is 0 Å². The molecule has 6 nitrogen and oxygen atoms in total. The van der Waals surface area contributed by atoms with Gasteiger partial charge in [-0.1, -0.05) is 0 Å². The van der Waals surface area contributed by atoms with Crippen molar-refractivity contribution in [3.8, 4) is 0 Å². The van der Waals surface area contributed by atoms with Gasteiger partial charge in [0, 0.05) is 55.9 Å². The van der Waals surface area contributed by atoms with E-state index in [0.29, 0.717) is 0 Å². The Morgan fingerprint density at radius 2 is 1.23 bits per heavy atom. The average Bonchev–Trinajstić information content (AvgIpc) is 2.85. The normalized spacial score (nSPS) is 17.9. The van der Waals surface area contributed by atoms with Gasteiger partial charge in [0.15, 0.2) is 0 Å². The second kappa shape index (κ2) is 10.1. The SMILES string of the molecule is CO/C(=C(/C)N(C)c1ccc(N2CCOCC2)cc1)c1ccc(N2CCOCC2)cc1. The van der Waals surface area contributed by atoms with Crippen molar-refractivity contribution in [2.24, 2.45) is 0 Å².